The number of nitrogens with zero attached hydrogens (tertiary/aromatic N) is 1. The summed E-state index contributed by atoms with van der Waals surface area (Å²) in [7, 11) is 3.30. The minimum absolute atomic E-state index is 0.0670. The van der Waals surface area contributed by atoms with E-state index in [1.165, 1.54) is 4.90 Å². The molecule has 1 aliphatic rings. The molecule has 1 aliphatic heterocycles. The van der Waals surface area contributed by atoms with E-state index in [2.05, 4.69) is 5.32 Å². The Bertz CT molecular complexity index is 888. The summed E-state index contributed by atoms with van der Waals surface area (Å²) in [6.45, 7) is -0.397. The Morgan fingerprint density at radius 3 is 2.41 bits per heavy atom. The monoisotopic (exact) mass is 446 g/mol. The van der Waals surface area contributed by atoms with Crippen LogP contribution in [-0.4, -0.2) is 83.2 Å². The highest BCUT2D eigenvalue weighted by molar-refractivity contribution is 5.73. The van der Waals surface area contributed by atoms with Gasteiger partial charge in [0.25, 0.3) is 0 Å². The molecule has 174 valence electrons. The van der Waals surface area contributed by atoms with Crippen LogP contribution >= 0.6 is 0 Å². The molecule has 0 saturated carbocycles. The van der Waals surface area contributed by atoms with Crippen molar-refractivity contribution in [3.63, 3.8) is 0 Å². The molecule has 1 heterocycles. The van der Waals surface area contributed by atoms with E-state index < -0.39 is 37.1 Å². The molecule has 0 aliphatic carbocycles. The summed E-state index contributed by atoms with van der Waals surface area (Å²) in [6, 6.07) is 14.7. The second-order valence-electron chi connectivity index (χ2n) is 7.98. The Morgan fingerprint density at radius 2 is 1.75 bits per heavy atom. The van der Waals surface area contributed by atoms with Crippen molar-refractivity contribution >= 4 is 6.03 Å². The number of rotatable bonds is 7. The molecule has 0 aromatic heterocycles. The zero-order valence-corrected chi connectivity index (χ0v) is 18.1. The van der Waals surface area contributed by atoms with Crippen LogP contribution in [-0.2, 0) is 11.2 Å². The number of nitrogens with one attached hydrogen (secondary N) is 1. The quantitative estimate of drug-likeness (QED) is 0.389. The van der Waals surface area contributed by atoms with Gasteiger partial charge in [-0.2, -0.15) is 0 Å². The predicted molar refractivity (Wildman–Crippen MR) is 116 cm³/mol. The molecule has 0 radical (unpaired) electrons. The third-order valence-electron chi connectivity index (χ3n) is 5.37. The molecule has 9 nitrogen and oxygen atoms in total. The van der Waals surface area contributed by atoms with E-state index in [1.807, 2.05) is 42.5 Å². The summed E-state index contributed by atoms with van der Waals surface area (Å²) in [6.07, 6.45) is -5.30. The maximum Gasteiger partial charge on any atom is 0.319 e. The van der Waals surface area contributed by atoms with Crippen molar-refractivity contribution in [3.05, 3.63) is 65.2 Å². The van der Waals surface area contributed by atoms with Crippen molar-refractivity contribution in [1.29, 1.82) is 0 Å². The van der Waals surface area contributed by atoms with Crippen LogP contribution in [0.4, 0.5) is 4.79 Å². The van der Waals surface area contributed by atoms with Gasteiger partial charge >= 0.3 is 6.03 Å². The maximum absolute atomic E-state index is 11.5. The number of aliphatic hydroxyl groups excluding tert-OH is 4. The molecule has 2 aromatic carbocycles. The highest BCUT2D eigenvalue weighted by atomic mass is 16.5. The molecule has 9 heteroatoms. The van der Waals surface area contributed by atoms with E-state index >= 15 is 0 Å². The van der Waals surface area contributed by atoms with Crippen molar-refractivity contribution in [2.24, 2.45) is 0 Å². The van der Waals surface area contributed by atoms with Crippen LogP contribution in [0, 0.1) is 0 Å². The number of ether oxygens (including phenoxy) is 2. The van der Waals surface area contributed by atoms with Crippen LogP contribution in [0.5, 0.6) is 5.75 Å². The zero-order valence-electron chi connectivity index (χ0n) is 18.1. The average molecular weight is 447 g/mol. The largest absolute Gasteiger partial charge is 0.473 e. The van der Waals surface area contributed by atoms with Crippen LogP contribution in [0.15, 0.2) is 48.5 Å². The van der Waals surface area contributed by atoms with Crippen LogP contribution < -0.4 is 10.1 Å². The summed E-state index contributed by atoms with van der Waals surface area (Å²) >= 11 is 0. The SMILES string of the molecule is CN(C)C(=O)NCOc1ccc(Cc2cccc([C@@H]3O[C@H](CO)C(O)[C@H](O)[C@H]3O)c2)cc1. The van der Waals surface area contributed by atoms with Crippen molar-refractivity contribution in [1.82, 2.24) is 10.2 Å². The third kappa shape index (κ3) is 5.76. The van der Waals surface area contributed by atoms with Gasteiger partial charge < -0.3 is 40.1 Å². The Kier molecular flexibility index (Phi) is 8.05. The lowest BCUT2D eigenvalue weighted by Crippen LogP contribution is -2.55. The lowest BCUT2D eigenvalue weighted by molar-refractivity contribution is -0.231. The summed E-state index contributed by atoms with van der Waals surface area (Å²) < 4.78 is 11.2. The highest BCUT2D eigenvalue weighted by Gasteiger charge is 2.43. The fourth-order valence-corrected chi connectivity index (χ4v) is 3.54. The third-order valence-corrected chi connectivity index (χ3v) is 5.37. The smallest absolute Gasteiger partial charge is 0.319 e. The van der Waals surface area contributed by atoms with Crippen molar-refractivity contribution in [2.45, 2.75) is 36.9 Å². The van der Waals surface area contributed by atoms with Crippen LogP contribution in [0.1, 0.15) is 22.8 Å². The number of benzene rings is 2. The molecule has 32 heavy (non-hydrogen) atoms. The Balaban J connectivity index is 1.63. The van der Waals surface area contributed by atoms with E-state index in [0.29, 0.717) is 17.7 Å². The van der Waals surface area contributed by atoms with E-state index in [9.17, 15) is 25.2 Å². The first-order valence-electron chi connectivity index (χ1n) is 10.4. The molecular weight excluding hydrogens is 416 g/mol. The summed E-state index contributed by atoms with van der Waals surface area (Å²) in [5.41, 5.74) is 2.64. The molecule has 5 N–H and O–H groups in total. The average Bonchev–Trinajstić information content (AvgIpc) is 2.79. The molecule has 2 aromatic rings. The van der Waals surface area contributed by atoms with Crippen LogP contribution in [0.25, 0.3) is 0 Å². The first-order valence-corrected chi connectivity index (χ1v) is 10.4. The molecule has 1 unspecified atom stereocenters. The first kappa shape index (κ1) is 24.0. The van der Waals surface area contributed by atoms with Gasteiger partial charge in [0.1, 0.15) is 36.3 Å². The second-order valence-corrected chi connectivity index (χ2v) is 7.98. The van der Waals surface area contributed by atoms with E-state index in [4.69, 9.17) is 9.47 Å². The van der Waals surface area contributed by atoms with E-state index in [1.54, 1.807) is 20.2 Å². The van der Waals surface area contributed by atoms with Crippen LogP contribution in [0.2, 0.25) is 0 Å². The summed E-state index contributed by atoms with van der Waals surface area (Å²) in [5, 5.41) is 42.4. The number of aliphatic hydroxyl groups is 4. The minimum Gasteiger partial charge on any atom is -0.473 e. The molecule has 3 rings (SSSR count). The molecule has 2 amide bonds. The maximum atomic E-state index is 11.5. The highest BCUT2D eigenvalue weighted by Crippen LogP contribution is 2.33. The predicted octanol–water partition coefficient (Wildman–Crippen LogP) is 0.400. The Labute approximate surface area is 186 Å². The van der Waals surface area contributed by atoms with Crippen molar-refractivity contribution in [2.75, 3.05) is 27.4 Å². The molecule has 5 atom stereocenters. The number of urea groups is 1. The lowest BCUT2D eigenvalue weighted by Gasteiger charge is -2.40. The van der Waals surface area contributed by atoms with Crippen LogP contribution in [0.3, 0.4) is 0 Å². The Hall–Kier alpha value is -2.69. The first-order chi connectivity index (χ1) is 15.3. The molecule has 1 saturated heterocycles. The Morgan fingerprint density at radius 1 is 1.03 bits per heavy atom. The van der Waals surface area contributed by atoms with Gasteiger partial charge in [0.2, 0.25) is 0 Å². The van der Waals surface area contributed by atoms with E-state index in [-0.39, 0.29) is 12.8 Å². The van der Waals surface area contributed by atoms with Gasteiger partial charge in [-0.15, -0.1) is 0 Å². The summed E-state index contributed by atoms with van der Waals surface area (Å²) in [4.78, 5) is 12.9. The van der Waals surface area contributed by atoms with Gasteiger partial charge in [-0.1, -0.05) is 36.4 Å². The van der Waals surface area contributed by atoms with Gasteiger partial charge in [-0.05, 0) is 35.2 Å². The fraction of sp³-hybridized carbons (Fsp3) is 0.435. The van der Waals surface area contributed by atoms with Gasteiger partial charge in [0.15, 0.2) is 6.73 Å². The zero-order chi connectivity index (χ0) is 23.3. The normalized spacial score (nSPS) is 25.2. The van der Waals surface area contributed by atoms with Gasteiger partial charge in [0.05, 0.1) is 6.61 Å². The number of carbonyl (C=O) groups is 1. The van der Waals surface area contributed by atoms with Crippen molar-refractivity contribution < 1.29 is 34.7 Å². The molecular formula is C23H30N2O7. The minimum atomic E-state index is -1.41. The number of hydrogen-bond acceptors (Lipinski definition) is 7. The van der Waals surface area contributed by atoms with Gasteiger partial charge in [-0.3, -0.25) is 0 Å². The van der Waals surface area contributed by atoms with E-state index in [0.717, 1.165) is 11.1 Å². The molecule has 1 fully saturated rings. The molecule has 0 spiro atoms. The number of hydrogen-bond donors (Lipinski definition) is 5. The topological polar surface area (TPSA) is 132 Å². The molecule has 0 bridgehead atoms. The number of amides is 2. The lowest BCUT2D eigenvalue weighted by atomic mass is 9.90. The van der Waals surface area contributed by atoms with Gasteiger partial charge in [0, 0.05) is 14.1 Å². The van der Waals surface area contributed by atoms with Crippen molar-refractivity contribution in [3.8, 4) is 5.75 Å². The summed E-state index contributed by atoms with van der Waals surface area (Å²) in [5.74, 6) is 0.628. The number of carbonyl (C=O) groups excluding carboxylic acids is 1. The second kappa shape index (κ2) is 10.8. The fourth-order valence-electron chi connectivity index (χ4n) is 3.54. The standard InChI is InChI=1S/C23H30N2O7/c1-25(2)23(30)24-13-31-17-8-6-14(7-9-17)10-15-4-3-5-16(11-15)22-21(29)20(28)19(27)18(12-26)32-22/h3-9,11,18-22,26-29H,10,12-13H2,1-2H3,(H,24,30)/t18-,19?,20+,21-,22+/m1/s1. The van der Waals surface area contributed by atoms with Gasteiger partial charge in [-0.25, -0.2) is 4.79 Å².